The molecule has 5 rings (SSSR count). The Balaban J connectivity index is 1.32. The molecule has 1 fully saturated rings. The van der Waals surface area contributed by atoms with Crippen molar-refractivity contribution in [3.63, 3.8) is 0 Å². The van der Waals surface area contributed by atoms with Crippen molar-refractivity contribution in [3.05, 3.63) is 84.2 Å². The van der Waals surface area contributed by atoms with Crippen LogP contribution in [0.2, 0.25) is 0 Å². The Kier molecular flexibility index (Phi) is 7.15. The average Bonchev–Trinajstić information content (AvgIpc) is 3.34. The lowest BCUT2D eigenvalue weighted by Crippen LogP contribution is -2.49. The molecule has 4 aromatic rings. The summed E-state index contributed by atoms with van der Waals surface area (Å²) in [5, 5.41) is 4.03. The molecule has 2 aromatic heterocycles. The molecule has 1 N–H and O–H groups in total. The monoisotopic (exact) mass is 512 g/mol. The zero-order valence-corrected chi connectivity index (χ0v) is 21.9. The second-order valence-corrected chi connectivity index (χ2v) is 10.4. The van der Waals surface area contributed by atoms with E-state index in [1.54, 1.807) is 29.4 Å². The summed E-state index contributed by atoms with van der Waals surface area (Å²) in [5.41, 5.74) is 3.47. The van der Waals surface area contributed by atoms with Crippen molar-refractivity contribution < 1.29 is 18.7 Å². The number of para-hydroxylation sites is 1. The third-order valence-corrected chi connectivity index (χ3v) is 6.45. The normalized spacial score (nSPS) is 14.4. The van der Waals surface area contributed by atoms with Gasteiger partial charge in [0, 0.05) is 61.6 Å². The van der Waals surface area contributed by atoms with Gasteiger partial charge >= 0.3 is 6.09 Å². The molecule has 1 aliphatic heterocycles. The molecule has 1 saturated heterocycles. The van der Waals surface area contributed by atoms with Crippen LogP contribution in [0.5, 0.6) is 0 Å². The van der Waals surface area contributed by atoms with E-state index in [1.165, 1.54) is 0 Å². The average molecular weight is 513 g/mol. The number of pyridine rings is 1. The van der Waals surface area contributed by atoms with Crippen molar-refractivity contribution in [1.82, 2.24) is 14.8 Å². The molecule has 1 aliphatic rings. The standard InChI is InChI=1S/C30H32N4O4/c1-30(2,3)38-29(36)34-17-15-33(16-18-34)20-22-7-6-10-26-24(22)19-27(37-26)23-8-4-5-9-25(23)32-28(35)21-11-13-31-14-12-21/h4-14,19H,15-18,20H2,1-3H3,(H,32,35). The molecule has 0 bridgehead atoms. The molecule has 2 amide bonds. The number of aromatic nitrogens is 1. The van der Waals surface area contributed by atoms with Gasteiger partial charge < -0.3 is 19.4 Å². The van der Waals surface area contributed by atoms with Crippen LogP contribution in [0.15, 0.2) is 77.5 Å². The lowest BCUT2D eigenvalue weighted by atomic mass is 10.1. The van der Waals surface area contributed by atoms with Crippen LogP contribution in [-0.2, 0) is 11.3 Å². The number of anilines is 1. The van der Waals surface area contributed by atoms with Gasteiger partial charge in [-0.1, -0.05) is 24.3 Å². The number of nitrogens with one attached hydrogen (secondary N) is 1. The highest BCUT2D eigenvalue weighted by Gasteiger charge is 2.26. The number of hydrogen-bond donors (Lipinski definition) is 1. The van der Waals surface area contributed by atoms with Crippen molar-refractivity contribution in [2.24, 2.45) is 0 Å². The van der Waals surface area contributed by atoms with Gasteiger partial charge in [-0.05, 0) is 62.7 Å². The van der Waals surface area contributed by atoms with Gasteiger partial charge in [0.1, 0.15) is 16.9 Å². The van der Waals surface area contributed by atoms with E-state index >= 15 is 0 Å². The Morgan fingerprint density at radius 3 is 2.45 bits per heavy atom. The topological polar surface area (TPSA) is 87.9 Å². The fraction of sp³-hybridized carbons (Fsp3) is 0.300. The van der Waals surface area contributed by atoms with Gasteiger partial charge in [-0.3, -0.25) is 14.7 Å². The van der Waals surface area contributed by atoms with E-state index < -0.39 is 5.60 Å². The molecule has 196 valence electrons. The molecule has 0 aliphatic carbocycles. The Hall–Kier alpha value is -4.17. The largest absolute Gasteiger partial charge is 0.456 e. The molecular weight excluding hydrogens is 480 g/mol. The minimum absolute atomic E-state index is 0.206. The van der Waals surface area contributed by atoms with Crippen molar-refractivity contribution in [2.45, 2.75) is 32.9 Å². The summed E-state index contributed by atoms with van der Waals surface area (Å²) in [6, 6.07) is 19.1. The summed E-state index contributed by atoms with van der Waals surface area (Å²) in [4.78, 5) is 33.3. The highest BCUT2D eigenvalue weighted by molar-refractivity contribution is 6.06. The fourth-order valence-electron chi connectivity index (χ4n) is 4.55. The quantitative estimate of drug-likeness (QED) is 0.364. The Labute approximate surface area is 222 Å². The van der Waals surface area contributed by atoms with Crippen molar-refractivity contribution in [1.29, 1.82) is 0 Å². The number of ether oxygens (including phenoxy) is 1. The van der Waals surface area contributed by atoms with Crippen LogP contribution in [-0.4, -0.2) is 58.6 Å². The Morgan fingerprint density at radius 1 is 0.974 bits per heavy atom. The maximum Gasteiger partial charge on any atom is 0.410 e. The van der Waals surface area contributed by atoms with Crippen LogP contribution in [0.25, 0.3) is 22.3 Å². The number of fused-ring (bicyclic) bond motifs is 1. The number of furan rings is 1. The molecule has 2 aromatic carbocycles. The van der Waals surface area contributed by atoms with E-state index in [0.717, 1.165) is 41.7 Å². The van der Waals surface area contributed by atoms with Gasteiger partial charge in [-0.2, -0.15) is 0 Å². The van der Waals surface area contributed by atoms with Crippen molar-refractivity contribution in [3.8, 4) is 11.3 Å². The van der Waals surface area contributed by atoms with Gasteiger partial charge in [0.2, 0.25) is 0 Å². The van der Waals surface area contributed by atoms with Gasteiger partial charge in [0.15, 0.2) is 0 Å². The first-order valence-corrected chi connectivity index (χ1v) is 12.8. The number of amides is 2. The smallest absolute Gasteiger partial charge is 0.410 e. The van der Waals surface area contributed by atoms with Crippen LogP contribution < -0.4 is 5.32 Å². The molecule has 0 atom stereocenters. The van der Waals surface area contributed by atoms with E-state index in [4.69, 9.17) is 9.15 Å². The van der Waals surface area contributed by atoms with Gasteiger partial charge in [0.05, 0.1) is 5.69 Å². The number of carbonyl (C=O) groups is 2. The zero-order chi connectivity index (χ0) is 26.7. The Bertz CT molecular complexity index is 1430. The minimum atomic E-state index is -0.497. The minimum Gasteiger partial charge on any atom is -0.456 e. The number of nitrogens with zero attached hydrogens (tertiary/aromatic N) is 3. The van der Waals surface area contributed by atoms with Crippen molar-refractivity contribution in [2.75, 3.05) is 31.5 Å². The summed E-state index contributed by atoms with van der Waals surface area (Å²) in [5.74, 6) is 0.481. The predicted octanol–water partition coefficient (Wildman–Crippen LogP) is 5.80. The molecule has 0 radical (unpaired) electrons. The van der Waals surface area contributed by atoms with Crippen LogP contribution in [0, 0.1) is 0 Å². The highest BCUT2D eigenvalue weighted by atomic mass is 16.6. The van der Waals surface area contributed by atoms with Crippen LogP contribution >= 0.6 is 0 Å². The van der Waals surface area contributed by atoms with Crippen LogP contribution in [0.4, 0.5) is 10.5 Å². The summed E-state index contributed by atoms with van der Waals surface area (Å²) < 4.78 is 11.8. The zero-order valence-electron chi connectivity index (χ0n) is 21.9. The first kappa shape index (κ1) is 25.5. The molecule has 3 heterocycles. The van der Waals surface area contributed by atoms with Crippen LogP contribution in [0.1, 0.15) is 36.7 Å². The van der Waals surface area contributed by atoms with Gasteiger partial charge in [-0.15, -0.1) is 0 Å². The maximum absolute atomic E-state index is 12.8. The van der Waals surface area contributed by atoms with E-state index in [1.807, 2.05) is 63.2 Å². The lowest BCUT2D eigenvalue weighted by Gasteiger charge is -2.35. The SMILES string of the molecule is CC(C)(C)OC(=O)N1CCN(Cc2cccc3oc(-c4ccccc4NC(=O)c4ccncc4)cc23)CC1. The lowest BCUT2D eigenvalue weighted by molar-refractivity contribution is 0.0139. The third-order valence-electron chi connectivity index (χ3n) is 6.45. The third kappa shape index (κ3) is 5.86. The van der Waals surface area contributed by atoms with Crippen molar-refractivity contribution >= 4 is 28.7 Å². The number of hydrogen-bond acceptors (Lipinski definition) is 6. The van der Waals surface area contributed by atoms with Gasteiger partial charge in [-0.25, -0.2) is 4.79 Å². The molecule has 8 heteroatoms. The summed E-state index contributed by atoms with van der Waals surface area (Å²) in [7, 11) is 0. The number of piperazine rings is 1. The van der Waals surface area contributed by atoms with Crippen LogP contribution in [0.3, 0.4) is 0 Å². The fourth-order valence-corrected chi connectivity index (χ4v) is 4.55. The van der Waals surface area contributed by atoms with E-state index in [9.17, 15) is 9.59 Å². The highest BCUT2D eigenvalue weighted by Crippen LogP contribution is 2.34. The van der Waals surface area contributed by atoms with Gasteiger partial charge in [0.25, 0.3) is 5.91 Å². The maximum atomic E-state index is 12.8. The summed E-state index contributed by atoms with van der Waals surface area (Å²) in [6.07, 6.45) is 2.94. The summed E-state index contributed by atoms with van der Waals surface area (Å²) in [6.45, 7) is 9.20. The second-order valence-electron chi connectivity index (χ2n) is 10.4. The van der Waals surface area contributed by atoms with E-state index in [-0.39, 0.29) is 12.0 Å². The van der Waals surface area contributed by atoms with E-state index in [2.05, 4.69) is 21.3 Å². The van der Waals surface area contributed by atoms with E-state index in [0.29, 0.717) is 30.1 Å². The summed E-state index contributed by atoms with van der Waals surface area (Å²) >= 11 is 0. The first-order chi connectivity index (χ1) is 18.3. The molecule has 0 spiro atoms. The Morgan fingerprint density at radius 2 is 1.71 bits per heavy atom. The molecule has 38 heavy (non-hydrogen) atoms. The molecule has 8 nitrogen and oxygen atoms in total. The number of rotatable bonds is 5. The number of benzene rings is 2. The first-order valence-electron chi connectivity index (χ1n) is 12.8. The molecule has 0 saturated carbocycles. The number of carbonyl (C=O) groups excluding carboxylic acids is 2. The molecular formula is C30H32N4O4. The molecule has 0 unspecified atom stereocenters. The second kappa shape index (κ2) is 10.7. The predicted molar refractivity (Wildman–Crippen MR) is 147 cm³/mol.